The Kier molecular flexibility index (Phi) is 5.61. The third-order valence-electron chi connectivity index (χ3n) is 4.67. The van der Waals surface area contributed by atoms with Gasteiger partial charge in [-0.2, -0.15) is 4.98 Å². The number of alkyl halides is 2. The lowest BCUT2D eigenvalue weighted by atomic mass is 10.2. The summed E-state index contributed by atoms with van der Waals surface area (Å²) in [6.45, 7) is 2.74. The molecular formula is C20H18F4N4O4. The molecule has 1 unspecified atom stereocenters. The highest BCUT2D eigenvalue weighted by Gasteiger charge is 2.57. The summed E-state index contributed by atoms with van der Waals surface area (Å²) in [4.78, 5) is 23.1. The quantitative estimate of drug-likeness (QED) is 0.520. The van der Waals surface area contributed by atoms with Gasteiger partial charge in [-0.3, -0.25) is 4.79 Å². The summed E-state index contributed by atoms with van der Waals surface area (Å²) in [5.41, 5.74) is 0.206. The number of oxazole rings is 1. The van der Waals surface area contributed by atoms with Gasteiger partial charge in [-0.1, -0.05) is 0 Å². The van der Waals surface area contributed by atoms with Crippen molar-refractivity contribution in [3.8, 4) is 23.2 Å². The van der Waals surface area contributed by atoms with E-state index >= 15 is 0 Å². The number of benzene rings is 1. The van der Waals surface area contributed by atoms with E-state index in [0.717, 1.165) is 12.1 Å². The molecule has 2 heterocycles. The molecule has 2 atom stereocenters. The van der Waals surface area contributed by atoms with E-state index in [1.165, 1.54) is 13.1 Å². The lowest BCUT2D eigenvalue weighted by Crippen LogP contribution is -2.35. The Balaban J connectivity index is 1.48. The maximum absolute atomic E-state index is 14.3. The Bertz CT molecular complexity index is 1150. The van der Waals surface area contributed by atoms with Gasteiger partial charge in [0.2, 0.25) is 11.8 Å². The Morgan fingerprint density at radius 3 is 2.59 bits per heavy atom. The third kappa shape index (κ3) is 4.73. The van der Waals surface area contributed by atoms with Crippen LogP contribution in [-0.4, -0.2) is 46.0 Å². The van der Waals surface area contributed by atoms with Crippen molar-refractivity contribution < 1.29 is 36.2 Å². The Labute approximate surface area is 179 Å². The van der Waals surface area contributed by atoms with Gasteiger partial charge in [0.25, 0.3) is 11.6 Å². The Morgan fingerprint density at radius 1 is 1.28 bits per heavy atom. The number of hydrogen-bond donors (Lipinski definition) is 1. The summed E-state index contributed by atoms with van der Waals surface area (Å²) in [6.07, 6.45) is 0.948. The predicted molar refractivity (Wildman–Crippen MR) is 102 cm³/mol. The molecule has 0 aliphatic heterocycles. The maximum Gasteiger partial charge on any atom is 0.319 e. The zero-order chi connectivity index (χ0) is 23.0. The molecule has 3 aromatic rings. The highest BCUT2D eigenvalue weighted by molar-refractivity contribution is 5.73. The third-order valence-corrected chi connectivity index (χ3v) is 4.67. The van der Waals surface area contributed by atoms with Crippen LogP contribution in [0, 0.1) is 17.6 Å². The van der Waals surface area contributed by atoms with Crippen molar-refractivity contribution in [2.45, 2.75) is 32.2 Å². The number of halogens is 4. The lowest BCUT2D eigenvalue weighted by molar-refractivity contribution is -0.119. The minimum absolute atomic E-state index is 0.0225. The molecule has 1 aromatic carbocycles. The van der Waals surface area contributed by atoms with E-state index in [0.29, 0.717) is 0 Å². The number of ether oxygens (including phenoxy) is 2. The number of nitrogens with one attached hydrogen (secondary N) is 1. The first-order valence-corrected chi connectivity index (χ1v) is 9.66. The minimum Gasteiger partial charge on any atom is -0.487 e. The van der Waals surface area contributed by atoms with E-state index in [2.05, 4.69) is 20.3 Å². The standard InChI is InChI=1S/C20H18F4N4O4/c1-9(26-10(2)29)7-31-19-25-6-15-18(28-19)32-17(27-15)11-3-13(21)16(14(22)4-11)30-8-12-5-20(12,23)24/h3-4,6,9,12H,5,7-8H2,1-2H3,(H,26,29)/t9-,12?/m0/s1. The van der Waals surface area contributed by atoms with Crippen LogP contribution in [-0.2, 0) is 4.79 Å². The van der Waals surface area contributed by atoms with E-state index in [1.807, 2.05) is 0 Å². The van der Waals surface area contributed by atoms with Gasteiger partial charge in [0.1, 0.15) is 12.1 Å². The molecule has 1 aliphatic rings. The normalized spacial score (nSPS) is 17.8. The molecule has 1 aliphatic carbocycles. The topological polar surface area (TPSA) is 99.4 Å². The number of carbonyl (C=O) groups excluding carboxylic acids is 1. The van der Waals surface area contributed by atoms with Crippen LogP contribution in [0.4, 0.5) is 17.6 Å². The predicted octanol–water partition coefficient (Wildman–Crippen LogP) is 3.50. The summed E-state index contributed by atoms with van der Waals surface area (Å²) < 4.78 is 70.3. The average molecular weight is 454 g/mol. The number of aromatic nitrogens is 3. The number of rotatable bonds is 8. The summed E-state index contributed by atoms with van der Waals surface area (Å²) in [5, 5.41) is 2.64. The van der Waals surface area contributed by atoms with Gasteiger partial charge < -0.3 is 19.2 Å². The van der Waals surface area contributed by atoms with Crippen molar-refractivity contribution in [1.82, 2.24) is 20.3 Å². The fourth-order valence-corrected chi connectivity index (χ4v) is 2.96. The van der Waals surface area contributed by atoms with E-state index in [4.69, 9.17) is 13.9 Å². The second kappa shape index (κ2) is 8.24. The largest absolute Gasteiger partial charge is 0.487 e. The van der Waals surface area contributed by atoms with Gasteiger partial charge in [0.05, 0.1) is 24.8 Å². The van der Waals surface area contributed by atoms with E-state index < -0.39 is 35.8 Å². The van der Waals surface area contributed by atoms with Gasteiger partial charge in [-0.05, 0) is 19.1 Å². The Morgan fingerprint density at radius 2 is 1.97 bits per heavy atom. The van der Waals surface area contributed by atoms with Gasteiger partial charge in [-0.15, -0.1) is 0 Å². The molecule has 0 radical (unpaired) electrons. The summed E-state index contributed by atoms with van der Waals surface area (Å²) in [7, 11) is 0. The zero-order valence-electron chi connectivity index (χ0n) is 17.0. The minimum atomic E-state index is -2.85. The molecule has 4 rings (SSSR count). The summed E-state index contributed by atoms with van der Waals surface area (Å²) >= 11 is 0. The van der Waals surface area contributed by atoms with E-state index in [9.17, 15) is 22.4 Å². The van der Waals surface area contributed by atoms with Crippen LogP contribution < -0.4 is 14.8 Å². The molecule has 170 valence electrons. The van der Waals surface area contributed by atoms with Crippen molar-refractivity contribution >= 4 is 17.1 Å². The van der Waals surface area contributed by atoms with Crippen LogP contribution in [0.15, 0.2) is 22.7 Å². The Hall–Kier alpha value is -3.44. The van der Waals surface area contributed by atoms with Crippen molar-refractivity contribution in [3.63, 3.8) is 0 Å². The second-order valence-electron chi connectivity index (χ2n) is 7.52. The van der Waals surface area contributed by atoms with Crippen molar-refractivity contribution in [2.75, 3.05) is 13.2 Å². The van der Waals surface area contributed by atoms with E-state index in [-0.39, 0.29) is 53.7 Å². The molecule has 1 saturated carbocycles. The van der Waals surface area contributed by atoms with Crippen LogP contribution in [0.2, 0.25) is 0 Å². The molecule has 0 bridgehead atoms. The van der Waals surface area contributed by atoms with Crippen molar-refractivity contribution in [2.24, 2.45) is 5.92 Å². The van der Waals surface area contributed by atoms with Crippen LogP contribution in [0.1, 0.15) is 20.3 Å². The highest BCUT2D eigenvalue weighted by Crippen LogP contribution is 2.48. The number of fused-ring (bicyclic) bond motifs is 1. The van der Waals surface area contributed by atoms with E-state index in [1.54, 1.807) is 6.92 Å². The fourth-order valence-electron chi connectivity index (χ4n) is 2.96. The number of nitrogens with zero attached hydrogens (tertiary/aromatic N) is 3. The molecule has 0 saturated heterocycles. The number of carbonyl (C=O) groups is 1. The van der Waals surface area contributed by atoms with Crippen LogP contribution in [0.5, 0.6) is 11.8 Å². The highest BCUT2D eigenvalue weighted by atomic mass is 19.3. The molecule has 12 heteroatoms. The van der Waals surface area contributed by atoms with Gasteiger partial charge in [0, 0.05) is 18.9 Å². The van der Waals surface area contributed by atoms with Crippen molar-refractivity contribution in [1.29, 1.82) is 0 Å². The van der Waals surface area contributed by atoms with Crippen molar-refractivity contribution in [3.05, 3.63) is 30.0 Å². The molecular weight excluding hydrogens is 436 g/mol. The molecule has 0 spiro atoms. The van der Waals surface area contributed by atoms with Crippen LogP contribution >= 0.6 is 0 Å². The first-order chi connectivity index (χ1) is 15.1. The molecule has 8 nitrogen and oxygen atoms in total. The fraction of sp³-hybridized carbons (Fsp3) is 0.400. The summed E-state index contributed by atoms with van der Waals surface area (Å²) in [6, 6.07) is 1.53. The SMILES string of the molecule is CC(=O)N[C@@H](C)COc1ncc2nc(-c3cc(F)c(OCC4CC4(F)F)c(F)c3)oc2n1. The van der Waals surface area contributed by atoms with Gasteiger partial charge in [-0.25, -0.2) is 27.5 Å². The maximum atomic E-state index is 14.3. The average Bonchev–Trinajstić information content (AvgIpc) is 3.12. The van der Waals surface area contributed by atoms with Gasteiger partial charge in [0.15, 0.2) is 17.4 Å². The molecule has 2 aromatic heterocycles. The van der Waals surface area contributed by atoms with Gasteiger partial charge >= 0.3 is 6.01 Å². The second-order valence-corrected chi connectivity index (χ2v) is 7.52. The summed E-state index contributed by atoms with van der Waals surface area (Å²) in [5.74, 6) is -7.13. The first-order valence-electron chi connectivity index (χ1n) is 9.66. The van der Waals surface area contributed by atoms with Crippen LogP contribution in [0.3, 0.4) is 0 Å². The lowest BCUT2D eigenvalue weighted by Gasteiger charge is -2.12. The monoisotopic (exact) mass is 454 g/mol. The number of hydrogen-bond acceptors (Lipinski definition) is 7. The zero-order valence-corrected chi connectivity index (χ0v) is 17.0. The molecule has 1 fully saturated rings. The molecule has 32 heavy (non-hydrogen) atoms. The first kappa shape index (κ1) is 21.8. The number of amides is 1. The smallest absolute Gasteiger partial charge is 0.319 e. The molecule has 1 amide bonds. The van der Waals surface area contributed by atoms with Crippen LogP contribution in [0.25, 0.3) is 22.7 Å². The molecule has 1 N–H and O–H groups in total.